The van der Waals surface area contributed by atoms with Gasteiger partial charge in [-0.2, -0.15) is 0 Å². The Bertz CT molecular complexity index is 1630. The molecule has 224 valence electrons. The van der Waals surface area contributed by atoms with Gasteiger partial charge in [0.15, 0.2) is 0 Å². The van der Waals surface area contributed by atoms with E-state index in [2.05, 4.69) is 38.2 Å². The van der Waals surface area contributed by atoms with Crippen LogP contribution in [0.4, 0.5) is 0 Å². The van der Waals surface area contributed by atoms with Crippen molar-refractivity contribution in [3.8, 4) is 11.5 Å². The number of carboxylic acid groups (broad SMARTS) is 1. The number of fused-ring (bicyclic) bond motifs is 1. The van der Waals surface area contributed by atoms with E-state index in [0.29, 0.717) is 11.7 Å². The van der Waals surface area contributed by atoms with Gasteiger partial charge in [-0.15, -0.1) is 11.3 Å². The van der Waals surface area contributed by atoms with Gasteiger partial charge in [-0.05, 0) is 84.2 Å². The Balaban J connectivity index is 1.41. The van der Waals surface area contributed by atoms with Crippen LogP contribution in [0.1, 0.15) is 84.9 Å². The Hall–Kier alpha value is -3.97. The van der Waals surface area contributed by atoms with Gasteiger partial charge in [0.25, 0.3) is 5.91 Å². The topological polar surface area (TPSA) is 88.5 Å². The third-order valence-electron chi connectivity index (χ3n) is 8.05. The van der Waals surface area contributed by atoms with Crippen LogP contribution >= 0.6 is 11.3 Å². The first-order chi connectivity index (χ1) is 20.6. The third-order valence-corrected chi connectivity index (χ3v) is 9.12. The zero-order chi connectivity index (χ0) is 30.6. The Labute approximate surface area is 257 Å². The highest BCUT2D eigenvalue weighted by atomic mass is 32.1. The van der Waals surface area contributed by atoms with Gasteiger partial charge in [-0.1, -0.05) is 70.7 Å². The number of thiophene rings is 1. The van der Waals surface area contributed by atoms with Crippen molar-refractivity contribution >= 4 is 40.1 Å². The number of carbonyl (C=O) groups excluding carboxylic acids is 1. The molecule has 1 fully saturated rings. The van der Waals surface area contributed by atoms with Crippen molar-refractivity contribution in [3.63, 3.8) is 0 Å². The molecule has 5 rings (SSSR count). The van der Waals surface area contributed by atoms with Crippen molar-refractivity contribution in [1.29, 1.82) is 0 Å². The Kier molecular flexibility index (Phi) is 9.31. The Morgan fingerprint density at radius 3 is 2.44 bits per heavy atom. The molecule has 7 heteroatoms. The Morgan fingerprint density at radius 1 is 1.05 bits per heavy atom. The van der Waals surface area contributed by atoms with E-state index in [1.807, 2.05) is 61.5 Å². The van der Waals surface area contributed by atoms with Gasteiger partial charge < -0.3 is 15.2 Å². The average Bonchev–Trinajstić information content (AvgIpc) is 3.65. The summed E-state index contributed by atoms with van der Waals surface area (Å²) in [5, 5.41) is 14.5. The second kappa shape index (κ2) is 13.1. The minimum absolute atomic E-state index is 0.0660. The lowest BCUT2D eigenvalue weighted by Gasteiger charge is -2.19. The van der Waals surface area contributed by atoms with Crippen LogP contribution in [0.15, 0.2) is 66.7 Å². The van der Waals surface area contributed by atoms with E-state index in [0.717, 1.165) is 51.2 Å². The van der Waals surface area contributed by atoms with Crippen LogP contribution in [0, 0.1) is 5.92 Å². The number of pyridine rings is 1. The van der Waals surface area contributed by atoms with Crippen LogP contribution in [0.25, 0.3) is 16.8 Å². The number of allylic oxidation sites excluding steroid dienone is 1. The van der Waals surface area contributed by atoms with Crippen molar-refractivity contribution in [3.05, 3.63) is 93.4 Å². The van der Waals surface area contributed by atoms with E-state index in [-0.39, 0.29) is 17.5 Å². The molecule has 2 heterocycles. The fourth-order valence-corrected chi connectivity index (χ4v) is 6.70. The van der Waals surface area contributed by atoms with Crippen molar-refractivity contribution in [1.82, 2.24) is 10.3 Å². The van der Waals surface area contributed by atoms with Crippen LogP contribution in [0.5, 0.6) is 11.5 Å². The monoisotopic (exact) mass is 596 g/mol. The molecular formula is C36H40N2O4S. The fraction of sp³-hybridized carbons (Fsp3) is 0.361. The maximum Gasteiger partial charge on any atom is 0.326 e. The molecule has 0 bridgehead atoms. The number of ether oxygens (including phenoxy) is 1. The molecule has 43 heavy (non-hydrogen) atoms. The first-order valence-corrected chi connectivity index (χ1v) is 15.9. The zero-order valence-electron chi connectivity index (χ0n) is 25.4. The average molecular weight is 597 g/mol. The number of aromatic nitrogens is 1. The number of carboxylic acids is 1. The molecule has 4 aromatic rings. The number of nitrogens with zero attached hydrogens (tertiary/aromatic N) is 1. The van der Waals surface area contributed by atoms with Gasteiger partial charge in [0.2, 0.25) is 0 Å². The summed E-state index contributed by atoms with van der Waals surface area (Å²) in [4.78, 5) is 32.3. The van der Waals surface area contributed by atoms with E-state index in [1.165, 1.54) is 29.7 Å². The smallest absolute Gasteiger partial charge is 0.326 e. The number of carbonyl (C=O) groups is 2. The van der Waals surface area contributed by atoms with Crippen LogP contribution in [-0.2, 0) is 23.1 Å². The molecule has 0 radical (unpaired) electrons. The summed E-state index contributed by atoms with van der Waals surface area (Å²) < 4.78 is 6.23. The van der Waals surface area contributed by atoms with E-state index in [4.69, 9.17) is 9.72 Å². The highest BCUT2D eigenvalue weighted by molar-refractivity contribution is 7.12. The van der Waals surface area contributed by atoms with E-state index in [1.54, 1.807) is 6.07 Å². The molecule has 2 aromatic heterocycles. The third kappa shape index (κ3) is 7.71. The lowest BCUT2D eigenvalue weighted by molar-refractivity contribution is -0.139. The maximum atomic E-state index is 13.4. The van der Waals surface area contributed by atoms with Crippen LogP contribution in [0.2, 0.25) is 0 Å². The molecule has 0 aliphatic heterocycles. The van der Waals surface area contributed by atoms with Crippen LogP contribution in [-0.4, -0.2) is 28.0 Å². The molecule has 6 nitrogen and oxygen atoms in total. The molecule has 1 aliphatic rings. The first kappa shape index (κ1) is 30.5. The van der Waals surface area contributed by atoms with Gasteiger partial charge in [0.05, 0.1) is 0 Å². The number of hydrogen-bond acceptors (Lipinski definition) is 5. The largest absolute Gasteiger partial charge is 0.480 e. The molecule has 0 spiro atoms. The summed E-state index contributed by atoms with van der Waals surface area (Å²) in [5.41, 5.74) is 2.39. The van der Waals surface area contributed by atoms with Gasteiger partial charge >= 0.3 is 5.97 Å². The summed E-state index contributed by atoms with van der Waals surface area (Å²) in [6.45, 7) is 8.50. The number of benzene rings is 2. The van der Waals surface area contributed by atoms with Gasteiger partial charge in [0.1, 0.15) is 23.2 Å². The maximum absolute atomic E-state index is 13.4. The standard InChI is InChI=1S/C36H40N2O4S/c1-5-8-28-17-18-29(43-28)22-33(35(40)41)38-34(39)32-20-24-11-14-27(42-26-15-12-25(13-16-26)36(2,3)4)21-30(24)31(37-32)19-23-9-6-7-10-23/h5,8,11-18,20-21,23,33H,6-7,9-10,19,22H2,1-4H3,(H,38,39)(H,40,41)/b8-5+/t33-/m0/s1. The molecule has 2 aromatic carbocycles. The van der Waals surface area contributed by atoms with E-state index in [9.17, 15) is 14.7 Å². The number of aliphatic carboxylic acids is 1. The van der Waals surface area contributed by atoms with E-state index >= 15 is 0 Å². The van der Waals surface area contributed by atoms with Crippen molar-refractivity contribution < 1.29 is 19.4 Å². The van der Waals surface area contributed by atoms with Gasteiger partial charge in [-0.25, -0.2) is 9.78 Å². The predicted octanol–water partition coefficient (Wildman–Crippen LogP) is 8.58. The molecule has 1 aliphatic carbocycles. The van der Waals surface area contributed by atoms with Gasteiger partial charge in [-0.3, -0.25) is 4.79 Å². The molecule has 0 saturated heterocycles. The molecule has 1 atom stereocenters. The zero-order valence-corrected chi connectivity index (χ0v) is 26.2. The van der Waals surface area contributed by atoms with Crippen molar-refractivity contribution in [2.24, 2.45) is 5.92 Å². The second-order valence-electron chi connectivity index (χ2n) is 12.4. The summed E-state index contributed by atoms with van der Waals surface area (Å²) in [7, 11) is 0. The first-order valence-electron chi connectivity index (χ1n) is 15.1. The molecule has 2 N–H and O–H groups in total. The number of rotatable bonds is 10. The quantitative estimate of drug-likeness (QED) is 0.191. The molecule has 1 amide bonds. The fourth-order valence-electron chi connectivity index (χ4n) is 5.67. The van der Waals surface area contributed by atoms with E-state index < -0.39 is 17.9 Å². The molecule has 0 unspecified atom stereocenters. The number of hydrogen-bond donors (Lipinski definition) is 2. The van der Waals surface area contributed by atoms with Crippen molar-refractivity contribution in [2.45, 2.75) is 77.7 Å². The number of nitrogens with one attached hydrogen (secondary N) is 1. The summed E-state index contributed by atoms with van der Waals surface area (Å²) in [6, 6.07) is 18.6. The molecule has 1 saturated carbocycles. The van der Waals surface area contributed by atoms with Crippen LogP contribution < -0.4 is 10.1 Å². The summed E-state index contributed by atoms with van der Waals surface area (Å²) in [5.74, 6) is 0.435. The number of amides is 1. The van der Waals surface area contributed by atoms with Crippen LogP contribution in [0.3, 0.4) is 0 Å². The summed E-state index contributed by atoms with van der Waals surface area (Å²) in [6.07, 6.45) is 9.61. The Morgan fingerprint density at radius 2 is 1.77 bits per heavy atom. The lowest BCUT2D eigenvalue weighted by Crippen LogP contribution is -2.42. The predicted molar refractivity (Wildman–Crippen MR) is 174 cm³/mol. The normalized spacial score (nSPS) is 14.8. The minimum atomic E-state index is -1.07. The molecular weight excluding hydrogens is 556 g/mol. The lowest BCUT2D eigenvalue weighted by atomic mass is 9.87. The van der Waals surface area contributed by atoms with Gasteiger partial charge in [0, 0.05) is 27.3 Å². The highest BCUT2D eigenvalue weighted by Crippen LogP contribution is 2.33. The minimum Gasteiger partial charge on any atom is -0.480 e. The highest BCUT2D eigenvalue weighted by Gasteiger charge is 2.25. The summed E-state index contributed by atoms with van der Waals surface area (Å²) >= 11 is 1.52. The second-order valence-corrected chi connectivity index (χ2v) is 13.6. The SMILES string of the molecule is C/C=C/c1ccc(C[C@H](NC(=O)c2cc3ccc(Oc4ccc(C(C)(C)C)cc4)cc3c(CC3CCCC3)n2)C(=O)O)s1. The van der Waals surface area contributed by atoms with Crippen molar-refractivity contribution in [2.75, 3.05) is 0 Å².